The van der Waals surface area contributed by atoms with Gasteiger partial charge in [0.25, 0.3) is 0 Å². The number of nitrogens with one attached hydrogen (secondary N) is 1. The van der Waals surface area contributed by atoms with E-state index in [0.717, 1.165) is 25.8 Å². The highest BCUT2D eigenvalue weighted by Crippen LogP contribution is 2.44. The Labute approximate surface area is 167 Å². The molecule has 0 heterocycles. The second kappa shape index (κ2) is 10.1. The molecule has 0 saturated heterocycles. The normalized spacial score (nSPS) is 12.3. The summed E-state index contributed by atoms with van der Waals surface area (Å²) in [5.41, 5.74) is 5.25. The molecule has 0 bridgehead atoms. The van der Waals surface area contributed by atoms with E-state index in [9.17, 15) is 4.79 Å². The predicted molar refractivity (Wildman–Crippen MR) is 112 cm³/mol. The Hall–Kier alpha value is -2.59. The average molecular weight is 380 g/mol. The van der Waals surface area contributed by atoms with Crippen molar-refractivity contribution in [1.82, 2.24) is 5.32 Å². The van der Waals surface area contributed by atoms with Gasteiger partial charge in [-0.1, -0.05) is 48.5 Å². The minimum atomic E-state index is 0.0719. The van der Waals surface area contributed by atoms with Gasteiger partial charge in [-0.3, -0.25) is 4.79 Å². The van der Waals surface area contributed by atoms with Crippen LogP contribution in [0, 0.1) is 0 Å². The van der Waals surface area contributed by atoms with Gasteiger partial charge >= 0.3 is 0 Å². The molecule has 148 valence electrons. The average Bonchev–Trinajstić information content (AvgIpc) is 3.02. The third-order valence-electron chi connectivity index (χ3n) is 4.98. The first kappa shape index (κ1) is 20.2. The zero-order valence-electron chi connectivity index (χ0n) is 16.6. The van der Waals surface area contributed by atoms with E-state index in [1.165, 1.54) is 29.2 Å². The summed E-state index contributed by atoms with van der Waals surface area (Å²) in [5, 5.41) is 3.25. The van der Waals surface area contributed by atoms with Crippen LogP contribution >= 0.6 is 0 Å². The molecule has 0 unspecified atom stereocenters. The Kier molecular flexibility index (Phi) is 7.26. The second-order valence-electron chi connectivity index (χ2n) is 7.20. The predicted octanol–water partition coefficient (Wildman–Crippen LogP) is 4.65. The zero-order valence-corrected chi connectivity index (χ0v) is 16.6. The molecule has 4 heteroatoms. The van der Waals surface area contributed by atoms with E-state index in [-0.39, 0.29) is 18.3 Å². The maximum atomic E-state index is 10.8. The van der Waals surface area contributed by atoms with Crippen LogP contribution in [0.15, 0.2) is 61.0 Å². The topological polar surface area (TPSA) is 47.6 Å². The molecule has 0 fully saturated rings. The summed E-state index contributed by atoms with van der Waals surface area (Å²) in [6.07, 6.45) is 3.01. The van der Waals surface area contributed by atoms with E-state index in [2.05, 4.69) is 60.4 Å². The van der Waals surface area contributed by atoms with Crippen LogP contribution in [0.25, 0.3) is 11.1 Å². The second-order valence-corrected chi connectivity index (χ2v) is 7.20. The molecular weight excluding hydrogens is 350 g/mol. The minimum Gasteiger partial charge on any atom is -0.479 e. The molecule has 4 nitrogen and oxygen atoms in total. The fourth-order valence-corrected chi connectivity index (χ4v) is 3.62. The quantitative estimate of drug-likeness (QED) is 0.431. The SMILES string of the molecule is C=C(NCCCCCOCC(C)=O)OCC1c2ccccc2-c2ccccc21. The van der Waals surface area contributed by atoms with Crippen molar-refractivity contribution in [3.05, 3.63) is 72.1 Å². The maximum absolute atomic E-state index is 10.8. The lowest BCUT2D eigenvalue weighted by Crippen LogP contribution is -2.18. The van der Waals surface area contributed by atoms with E-state index in [1.807, 2.05) is 0 Å². The first-order valence-electron chi connectivity index (χ1n) is 9.98. The molecule has 0 atom stereocenters. The van der Waals surface area contributed by atoms with Crippen LogP contribution in [0.5, 0.6) is 0 Å². The van der Waals surface area contributed by atoms with Crippen LogP contribution in [-0.2, 0) is 14.3 Å². The van der Waals surface area contributed by atoms with Crippen LogP contribution < -0.4 is 5.32 Å². The number of fused-ring (bicyclic) bond motifs is 3. The Morgan fingerprint density at radius 3 is 2.29 bits per heavy atom. The number of ketones is 1. The van der Waals surface area contributed by atoms with Crippen LogP contribution in [0.1, 0.15) is 43.2 Å². The number of Topliss-reactive ketones (excluding diaryl/α,β-unsaturated/α-hetero) is 1. The third kappa shape index (κ3) is 5.23. The summed E-state index contributed by atoms with van der Waals surface area (Å²) in [7, 11) is 0. The van der Waals surface area contributed by atoms with Gasteiger partial charge in [-0.05, 0) is 55.0 Å². The third-order valence-corrected chi connectivity index (χ3v) is 4.98. The number of ether oxygens (including phenoxy) is 2. The van der Waals surface area contributed by atoms with Gasteiger partial charge in [-0.25, -0.2) is 0 Å². The lowest BCUT2D eigenvalue weighted by Gasteiger charge is -2.17. The highest BCUT2D eigenvalue weighted by molar-refractivity contribution is 5.78. The standard InChI is InChI=1S/C24H29NO3/c1-18(26)16-27-15-9-3-8-14-25-19(2)28-17-24-22-12-6-4-10-20(22)21-11-5-7-13-23(21)24/h4-7,10-13,24-25H,2-3,8-9,14-17H2,1H3. The Morgan fingerprint density at radius 2 is 1.64 bits per heavy atom. The van der Waals surface area contributed by atoms with Gasteiger partial charge in [0.2, 0.25) is 0 Å². The molecule has 2 aromatic rings. The van der Waals surface area contributed by atoms with E-state index >= 15 is 0 Å². The lowest BCUT2D eigenvalue weighted by atomic mass is 9.98. The summed E-state index contributed by atoms with van der Waals surface area (Å²) >= 11 is 0. The summed E-state index contributed by atoms with van der Waals surface area (Å²) < 4.78 is 11.2. The first-order chi connectivity index (χ1) is 13.7. The van der Waals surface area contributed by atoms with Crippen molar-refractivity contribution in [3.63, 3.8) is 0 Å². The van der Waals surface area contributed by atoms with Crippen LogP contribution in [0.3, 0.4) is 0 Å². The van der Waals surface area contributed by atoms with Gasteiger partial charge in [0, 0.05) is 19.1 Å². The maximum Gasteiger partial charge on any atom is 0.179 e. The summed E-state index contributed by atoms with van der Waals surface area (Å²) in [4.78, 5) is 10.8. The monoisotopic (exact) mass is 379 g/mol. The number of unbranched alkanes of at least 4 members (excludes halogenated alkanes) is 2. The lowest BCUT2D eigenvalue weighted by molar-refractivity contribution is -0.121. The molecule has 0 aliphatic heterocycles. The highest BCUT2D eigenvalue weighted by atomic mass is 16.5. The molecule has 1 N–H and O–H groups in total. The minimum absolute atomic E-state index is 0.0719. The van der Waals surface area contributed by atoms with Crippen LogP contribution in [0.2, 0.25) is 0 Å². The van der Waals surface area contributed by atoms with E-state index < -0.39 is 0 Å². The number of hydrogen-bond donors (Lipinski definition) is 1. The van der Waals surface area contributed by atoms with Crippen molar-refractivity contribution in [1.29, 1.82) is 0 Å². The molecule has 3 rings (SSSR count). The molecule has 0 spiro atoms. The molecule has 0 radical (unpaired) electrons. The van der Waals surface area contributed by atoms with Crippen LogP contribution in [-0.4, -0.2) is 32.1 Å². The van der Waals surface area contributed by atoms with Gasteiger partial charge in [-0.15, -0.1) is 0 Å². The molecule has 0 saturated carbocycles. The smallest absolute Gasteiger partial charge is 0.179 e. The fourth-order valence-electron chi connectivity index (χ4n) is 3.62. The van der Waals surface area contributed by atoms with Gasteiger partial charge in [0.15, 0.2) is 11.7 Å². The van der Waals surface area contributed by atoms with Crippen molar-refractivity contribution in [3.8, 4) is 11.1 Å². The number of carbonyl (C=O) groups is 1. The van der Waals surface area contributed by atoms with Crippen molar-refractivity contribution < 1.29 is 14.3 Å². The Bertz CT molecular complexity index is 770. The molecule has 0 aromatic heterocycles. The van der Waals surface area contributed by atoms with Gasteiger partial charge < -0.3 is 14.8 Å². The van der Waals surface area contributed by atoms with Crippen molar-refractivity contribution >= 4 is 5.78 Å². The van der Waals surface area contributed by atoms with E-state index in [0.29, 0.717) is 19.1 Å². The van der Waals surface area contributed by atoms with Crippen molar-refractivity contribution in [2.24, 2.45) is 0 Å². The largest absolute Gasteiger partial charge is 0.479 e. The first-order valence-corrected chi connectivity index (χ1v) is 9.98. The van der Waals surface area contributed by atoms with Gasteiger partial charge in [0.05, 0.1) is 0 Å². The zero-order chi connectivity index (χ0) is 19.8. The number of rotatable bonds is 12. The molecular formula is C24H29NO3. The number of hydrogen-bond acceptors (Lipinski definition) is 4. The van der Waals surface area contributed by atoms with E-state index in [1.54, 1.807) is 0 Å². The number of benzene rings is 2. The summed E-state index contributed by atoms with van der Waals surface area (Å²) in [5.74, 6) is 0.932. The molecule has 1 aliphatic rings. The molecule has 28 heavy (non-hydrogen) atoms. The van der Waals surface area contributed by atoms with E-state index in [4.69, 9.17) is 9.47 Å². The van der Waals surface area contributed by atoms with Gasteiger partial charge in [-0.2, -0.15) is 0 Å². The van der Waals surface area contributed by atoms with Gasteiger partial charge in [0.1, 0.15) is 13.2 Å². The van der Waals surface area contributed by atoms with Crippen molar-refractivity contribution in [2.75, 3.05) is 26.4 Å². The molecule has 1 aliphatic carbocycles. The molecule has 2 aromatic carbocycles. The molecule has 0 amide bonds. The van der Waals surface area contributed by atoms with Crippen LogP contribution in [0.4, 0.5) is 0 Å². The summed E-state index contributed by atoms with van der Waals surface area (Å²) in [6.45, 7) is 7.80. The fraction of sp³-hybridized carbons (Fsp3) is 0.375. The Balaban J connectivity index is 1.39. The highest BCUT2D eigenvalue weighted by Gasteiger charge is 2.28. The summed E-state index contributed by atoms with van der Waals surface area (Å²) in [6, 6.07) is 17.1. The number of carbonyl (C=O) groups excluding carboxylic acids is 1. The Morgan fingerprint density at radius 1 is 1.00 bits per heavy atom. The van der Waals surface area contributed by atoms with Crippen molar-refractivity contribution in [2.45, 2.75) is 32.1 Å².